The summed E-state index contributed by atoms with van der Waals surface area (Å²) in [5.74, 6) is 0.696. The lowest BCUT2D eigenvalue weighted by molar-refractivity contribution is 0.0728. The van der Waals surface area contributed by atoms with Crippen molar-refractivity contribution in [3.05, 3.63) is 29.5 Å². The fourth-order valence-corrected chi connectivity index (χ4v) is 3.12. The molecule has 1 aliphatic heterocycles. The first kappa shape index (κ1) is 13.7. The molecule has 0 radical (unpaired) electrons. The summed E-state index contributed by atoms with van der Waals surface area (Å²) in [5, 5.41) is 4.42. The number of hydrogen-bond donors (Lipinski definition) is 1. The minimum Gasteiger partial charge on any atom is -0.481 e. The Balaban J connectivity index is 1.96. The van der Waals surface area contributed by atoms with Crippen LogP contribution in [0.15, 0.2) is 12.5 Å². The molecule has 0 spiro atoms. The number of carbonyl (C=O) groups is 1. The van der Waals surface area contributed by atoms with Gasteiger partial charge in [-0.05, 0) is 19.8 Å². The van der Waals surface area contributed by atoms with E-state index in [2.05, 4.69) is 15.1 Å². The summed E-state index contributed by atoms with van der Waals surface area (Å²) in [5.41, 5.74) is 2.43. The summed E-state index contributed by atoms with van der Waals surface area (Å²) in [6, 6.07) is 0.00412. The van der Waals surface area contributed by atoms with E-state index >= 15 is 0 Å². The molecular formula is C14H19N5O2. The second-order valence-corrected chi connectivity index (χ2v) is 5.25. The lowest BCUT2D eigenvalue weighted by Crippen LogP contribution is -2.31. The number of hydrogen-bond acceptors (Lipinski definition) is 4. The van der Waals surface area contributed by atoms with Crippen molar-refractivity contribution in [2.75, 3.05) is 13.7 Å². The largest absolute Gasteiger partial charge is 0.481 e. The van der Waals surface area contributed by atoms with Gasteiger partial charge in [-0.3, -0.25) is 4.79 Å². The van der Waals surface area contributed by atoms with Crippen LogP contribution in [0.5, 0.6) is 5.88 Å². The van der Waals surface area contributed by atoms with E-state index in [1.807, 2.05) is 18.9 Å². The summed E-state index contributed by atoms with van der Waals surface area (Å²) >= 11 is 0. The van der Waals surface area contributed by atoms with Gasteiger partial charge in [-0.2, -0.15) is 5.10 Å². The third-order valence-electron chi connectivity index (χ3n) is 3.98. The van der Waals surface area contributed by atoms with Gasteiger partial charge in [0.1, 0.15) is 5.69 Å². The molecule has 3 heterocycles. The highest BCUT2D eigenvalue weighted by Gasteiger charge is 2.35. The molecule has 1 aliphatic rings. The molecule has 1 atom stereocenters. The molecule has 1 amide bonds. The van der Waals surface area contributed by atoms with Gasteiger partial charge in [-0.1, -0.05) is 0 Å². The quantitative estimate of drug-likeness (QED) is 0.927. The predicted molar refractivity (Wildman–Crippen MR) is 76.1 cm³/mol. The van der Waals surface area contributed by atoms with Crippen LogP contribution in [0.1, 0.15) is 40.6 Å². The number of amides is 1. The fraction of sp³-hybridized carbons (Fsp3) is 0.500. The molecule has 21 heavy (non-hydrogen) atoms. The number of aromatic amines is 1. The number of aryl methyl sites for hydroxylation is 2. The minimum absolute atomic E-state index is 0.00412. The van der Waals surface area contributed by atoms with Crippen LogP contribution >= 0.6 is 0 Å². The molecule has 7 heteroatoms. The van der Waals surface area contributed by atoms with E-state index in [1.165, 1.54) is 6.33 Å². The zero-order chi connectivity index (χ0) is 15.0. The first-order chi connectivity index (χ1) is 10.1. The monoisotopic (exact) mass is 289 g/mol. The van der Waals surface area contributed by atoms with E-state index in [9.17, 15) is 4.79 Å². The van der Waals surface area contributed by atoms with Crippen LogP contribution in [0.3, 0.4) is 0 Å². The van der Waals surface area contributed by atoms with Crippen molar-refractivity contribution in [2.24, 2.45) is 7.05 Å². The maximum absolute atomic E-state index is 12.6. The maximum atomic E-state index is 12.6. The maximum Gasteiger partial charge on any atom is 0.272 e. The Hall–Kier alpha value is -2.31. The minimum atomic E-state index is -0.0275. The zero-order valence-electron chi connectivity index (χ0n) is 12.5. The highest BCUT2D eigenvalue weighted by molar-refractivity contribution is 5.92. The normalized spacial score (nSPS) is 18.2. The summed E-state index contributed by atoms with van der Waals surface area (Å²) < 4.78 is 7.19. The van der Waals surface area contributed by atoms with Crippen LogP contribution < -0.4 is 4.74 Å². The number of ether oxygens (including phenoxy) is 1. The number of H-pyrrole nitrogens is 1. The van der Waals surface area contributed by atoms with Crippen molar-refractivity contribution in [2.45, 2.75) is 25.8 Å². The molecule has 2 aromatic heterocycles. The Bertz CT molecular complexity index is 647. The highest BCUT2D eigenvalue weighted by Crippen LogP contribution is 2.39. The number of methoxy groups -OCH3 is 1. The van der Waals surface area contributed by atoms with Gasteiger partial charge >= 0.3 is 0 Å². The standard InChI is InChI=1S/C14H19N5O2/c1-9-12(14(21-3)18(2)17-9)11-5-4-6-19(11)13(20)10-7-15-8-16-10/h7-8,11H,4-6H2,1-3H3,(H,15,16)/t11-/m0/s1. The molecule has 1 fully saturated rings. The molecule has 0 unspecified atom stereocenters. The average Bonchev–Trinajstić information content (AvgIpc) is 3.16. The molecule has 1 saturated heterocycles. The third-order valence-corrected chi connectivity index (χ3v) is 3.98. The van der Waals surface area contributed by atoms with Crippen molar-refractivity contribution < 1.29 is 9.53 Å². The first-order valence-electron chi connectivity index (χ1n) is 7.00. The summed E-state index contributed by atoms with van der Waals surface area (Å²) in [6.45, 7) is 2.69. The summed E-state index contributed by atoms with van der Waals surface area (Å²) in [4.78, 5) is 21.3. The van der Waals surface area contributed by atoms with Crippen LogP contribution in [-0.2, 0) is 7.05 Å². The van der Waals surface area contributed by atoms with Gasteiger partial charge in [-0.25, -0.2) is 9.67 Å². The van der Waals surface area contributed by atoms with Crippen LogP contribution in [0.2, 0.25) is 0 Å². The van der Waals surface area contributed by atoms with Gasteiger partial charge in [0.2, 0.25) is 5.88 Å². The number of aromatic nitrogens is 4. The molecule has 0 aliphatic carbocycles. The summed E-state index contributed by atoms with van der Waals surface area (Å²) in [7, 11) is 3.49. The van der Waals surface area contributed by atoms with Crippen LogP contribution in [0.25, 0.3) is 0 Å². The van der Waals surface area contributed by atoms with E-state index < -0.39 is 0 Å². The molecular weight excluding hydrogens is 270 g/mol. The second kappa shape index (κ2) is 5.23. The smallest absolute Gasteiger partial charge is 0.272 e. The van der Waals surface area contributed by atoms with Crippen molar-refractivity contribution in [1.29, 1.82) is 0 Å². The van der Waals surface area contributed by atoms with Crippen LogP contribution in [-0.4, -0.2) is 44.2 Å². The summed E-state index contributed by atoms with van der Waals surface area (Å²) in [6.07, 6.45) is 4.98. The van der Waals surface area contributed by atoms with Crippen molar-refractivity contribution in [3.8, 4) is 5.88 Å². The average molecular weight is 289 g/mol. The van der Waals surface area contributed by atoms with E-state index in [1.54, 1.807) is 18.0 Å². The molecule has 3 rings (SSSR count). The number of imidazole rings is 1. The zero-order valence-corrected chi connectivity index (χ0v) is 12.5. The molecule has 0 saturated carbocycles. The third kappa shape index (κ3) is 2.18. The Morgan fingerprint density at radius 3 is 3.00 bits per heavy atom. The second-order valence-electron chi connectivity index (χ2n) is 5.25. The van der Waals surface area contributed by atoms with E-state index in [4.69, 9.17) is 4.74 Å². The van der Waals surface area contributed by atoms with Crippen molar-refractivity contribution >= 4 is 5.91 Å². The number of carbonyl (C=O) groups excluding carboxylic acids is 1. The Kier molecular flexibility index (Phi) is 3.40. The first-order valence-corrected chi connectivity index (χ1v) is 7.00. The number of likely N-dealkylation sites (tertiary alicyclic amines) is 1. The van der Waals surface area contributed by atoms with Crippen LogP contribution in [0, 0.1) is 6.92 Å². The van der Waals surface area contributed by atoms with E-state index in [0.717, 1.165) is 36.5 Å². The molecule has 1 N–H and O–H groups in total. The highest BCUT2D eigenvalue weighted by atomic mass is 16.5. The fourth-order valence-electron chi connectivity index (χ4n) is 3.12. The van der Waals surface area contributed by atoms with Gasteiger partial charge in [-0.15, -0.1) is 0 Å². The molecule has 112 valence electrons. The van der Waals surface area contributed by atoms with Gasteiger partial charge < -0.3 is 14.6 Å². The number of nitrogens with zero attached hydrogens (tertiary/aromatic N) is 4. The lowest BCUT2D eigenvalue weighted by atomic mass is 10.0. The topological polar surface area (TPSA) is 76.0 Å². The predicted octanol–water partition coefficient (Wildman–Crippen LogP) is 1.44. The number of rotatable bonds is 3. The Morgan fingerprint density at radius 2 is 2.33 bits per heavy atom. The van der Waals surface area contributed by atoms with Gasteiger partial charge in [0.15, 0.2) is 0 Å². The number of nitrogens with one attached hydrogen (secondary N) is 1. The van der Waals surface area contributed by atoms with Gasteiger partial charge in [0.05, 0.1) is 36.9 Å². The van der Waals surface area contributed by atoms with Crippen molar-refractivity contribution in [1.82, 2.24) is 24.6 Å². The molecule has 2 aromatic rings. The molecule has 0 aromatic carbocycles. The van der Waals surface area contributed by atoms with Crippen molar-refractivity contribution in [3.63, 3.8) is 0 Å². The SMILES string of the molecule is COc1c([C@@H]2CCCN2C(=O)c2cnc[nH]2)c(C)nn1C. The van der Waals surface area contributed by atoms with E-state index in [0.29, 0.717) is 5.69 Å². The Morgan fingerprint density at radius 1 is 1.52 bits per heavy atom. The van der Waals surface area contributed by atoms with Crippen LogP contribution in [0.4, 0.5) is 0 Å². The molecule has 7 nitrogen and oxygen atoms in total. The van der Waals surface area contributed by atoms with Gasteiger partial charge in [0.25, 0.3) is 5.91 Å². The van der Waals surface area contributed by atoms with Gasteiger partial charge in [0, 0.05) is 13.6 Å². The van der Waals surface area contributed by atoms with E-state index in [-0.39, 0.29) is 11.9 Å². The lowest BCUT2D eigenvalue weighted by Gasteiger charge is -2.24. The molecule has 0 bridgehead atoms. The Labute approximate surface area is 122 Å².